The van der Waals surface area contributed by atoms with E-state index in [1.165, 1.54) is 56.5 Å². The average molecular weight is 266 g/mol. The minimum atomic E-state index is 0.807. The highest BCUT2D eigenvalue weighted by Crippen LogP contribution is 2.17. The second-order valence-electron chi connectivity index (χ2n) is 5.46. The Labute approximate surface area is 115 Å². The molecule has 3 heteroatoms. The number of nitrogens with zero attached hydrogens (tertiary/aromatic N) is 1. The fourth-order valence-corrected chi connectivity index (χ4v) is 3.49. The van der Waals surface area contributed by atoms with Crippen LogP contribution in [0.3, 0.4) is 0 Å². The zero-order valence-electron chi connectivity index (χ0n) is 11.5. The SMILES string of the molecule is CN(CCCNC1CCCCC1)Cc1cccs1. The highest BCUT2D eigenvalue weighted by Gasteiger charge is 2.11. The molecule has 1 saturated carbocycles. The van der Waals surface area contributed by atoms with Gasteiger partial charge in [0.05, 0.1) is 0 Å². The molecule has 1 aliphatic carbocycles. The van der Waals surface area contributed by atoms with Gasteiger partial charge in [0.15, 0.2) is 0 Å². The van der Waals surface area contributed by atoms with Gasteiger partial charge in [-0.15, -0.1) is 11.3 Å². The van der Waals surface area contributed by atoms with E-state index in [1.807, 2.05) is 11.3 Å². The van der Waals surface area contributed by atoms with E-state index in [0.29, 0.717) is 0 Å². The van der Waals surface area contributed by atoms with Gasteiger partial charge < -0.3 is 10.2 Å². The van der Waals surface area contributed by atoms with E-state index in [0.717, 1.165) is 12.6 Å². The van der Waals surface area contributed by atoms with E-state index in [1.54, 1.807) is 0 Å². The van der Waals surface area contributed by atoms with E-state index in [4.69, 9.17) is 0 Å². The highest BCUT2D eigenvalue weighted by atomic mass is 32.1. The monoisotopic (exact) mass is 266 g/mol. The molecule has 1 heterocycles. The lowest BCUT2D eigenvalue weighted by Gasteiger charge is -2.23. The van der Waals surface area contributed by atoms with Crippen molar-refractivity contribution in [2.75, 3.05) is 20.1 Å². The van der Waals surface area contributed by atoms with E-state index < -0.39 is 0 Å². The van der Waals surface area contributed by atoms with Crippen LogP contribution in [0.25, 0.3) is 0 Å². The topological polar surface area (TPSA) is 15.3 Å². The minimum Gasteiger partial charge on any atom is -0.314 e. The van der Waals surface area contributed by atoms with Gasteiger partial charge in [-0.1, -0.05) is 25.3 Å². The van der Waals surface area contributed by atoms with Crippen LogP contribution in [-0.4, -0.2) is 31.1 Å². The van der Waals surface area contributed by atoms with Crippen molar-refractivity contribution in [2.24, 2.45) is 0 Å². The first-order valence-electron chi connectivity index (χ1n) is 7.29. The van der Waals surface area contributed by atoms with Crippen LogP contribution >= 0.6 is 11.3 Å². The van der Waals surface area contributed by atoms with Gasteiger partial charge in [0.25, 0.3) is 0 Å². The maximum Gasteiger partial charge on any atom is 0.0324 e. The smallest absolute Gasteiger partial charge is 0.0324 e. The predicted molar refractivity (Wildman–Crippen MR) is 80.1 cm³/mol. The van der Waals surface area contributed by atoms with Crippen LogP contribution in [-0.2, 0) is 6.54 Å². The lowest BCUT2D eigenvalue weighted by atomic mass is 9.95. The number of rotatable bonds is 7. The van der Waals surface area contributed by atoms with Crippen molar-refractivity contribution >= 4 is 11.3 Å². The van der Waals surface area contributed by atoms with Crippen molar-refractivity contribution in [1.29, 1.82) is 0 Å². The van der Waals surface area contributed by atoms with Gasteiger partial charge in [0, 0.05) is 17.5 Å². The zero-order chi connectivity index (χ0) is 12.6. The van der Waals surface area contributed by atoms with Gasteiger partial charge in [0.2, 0.25) is 0 Å². The summed E-state index contributed by atoms with van der Waals surface area (Å²) in [6, 6.07) is 5.17. The Bertz CT molecular complexity index is 304. The molecule has 102 valence electrons. The predicted octanol–water partition coefficient (Wildman–Crippen LogP) is 3.49. The number of hydrogen-bond donors (Lipinski definition) is 1. The molecule has 0 saturated heterocycles. The first-order valence-corrected chi connectivity index (χ1v) is 8.17. The fraction of sp³-hybridized carbons (Fsp3) is 0.733. The molecular weight excluding hydrogens is 240 g/mol. The normalized spacial score (nSPS) is 17.4. The molecule has 0 unspecified atom stereocenters. The number of hydrogen-bond acceptors (Lipinski definition) is 3. The van der Waals surface area contributed by atoms with Gasteiger partial charge in [0.1, 0.15) is 0 Å². The standard InChI is InChI=1S/C15H26N2S/c1-17(13-15-9-5-12-18-15)11-6-10-16-14-7-3-2-4-8-14/h5,9,12,14,16H,2-4,6-8,10-11,13H2,1H3. The Morgan fingerprint density at radius 2 is 2.17 bits per heavy atom. The lowest BCUT2D eigenvalue weighted by Crippen LogP contribution is -2.33. The molecule has 2 rings (SSSR count). The molecule has 0 aliphatic heterocycles. The summed E-state index contributed by atoms with van der Waals surface area (Å²) in [5, 5.41) is 5.87. The average Bonchev–Trinajstić information content (AvgIpc) is 2.89. The van der Waals surface area contributed by atoms with Crippen molar-refractivity contribution in [3.63, 3.8) is 0 Å². The molecule has 1 aromatic heterocycles. The summed E-state index contributed by atoms with van der Waals surface area (Å²) >= 11 is 1.86. The Morgan fingerprint density at radius 1 is 1.33 bits per heavy atom. The maximum absolute atomic E-state index is 3.71. The molecular formula is C15H26N2S. The Kier molecular flexibility index (Phi) is 6.18. The fourth-order valence-electron chi connectivity index (χ4n) is 2.71. The zero-order valence-corrected chi connectivity index (χ0v) is 12.3. The molecule has 2 nitrogen and oxygen atoms in total. The largest absolute Gasteiger partial charge is 0.314 e. The Balaban J connectivity index is 1.52. The van der Waals surface area contributed by atoms with Crippen molar-refractivity contribution in [3.05, 3.63) is 22.4 Å². The number of nitrogens with one attached hydrogen (secondary N) is 1. The van der Waals surface area contributed by atoms with Crippen LogP contribution in [0.2, 0.25) is 0 Å². The molecule has 0 radical (unpaired) electrons. The third-order valence-electron chi connectivity index (χ3n) is 3.76. The molecule has 0 spiro atoms. The van der Waals surface area contributed by atoms with Gasteiger partial charge in [-0.2, -0.15) is 0 Å². The highest BCUT2D eigenvalue weighted by molar-refractivity contribution is 7.09. The van der Waals surface area contributed by atoms with E-state index >= 15 is 0 Å². The summed E-state index contributed by atoms with van der Waals surface area (Å²) in [4.78, 5) is 3.90. The third-order valence-corrected chi connectivity index (χ3v) is 4.62. The van der Waals surface area contributed by atoms with Crippen LogP contribution in [0.1, 0.15) is 43.4 Å². The third kappa shape index (κ3) is 5.09. The van der Waals surface area contributed by atoms with Crippen LogP contribution in [0, 0.1) is 0 Å². The molecule has 18 heavy (non-hydrogen) atoms. The molecule has 0 aromatic carbocycles. The van der Waals surface area contributed by atoms with Gasteiger partial charge in [-0.25, -0.2) is 0 Å². The number of thiophene rings is 1. The summed E-state index contributed by atoms with van der Waals surface area (Å²) < 4.78 is 0. The quantitative estimate of drug-likeness (QED) is 0.760. The Morgan fingerprint density at radius 3 is 2.89 bits per heavy atom. The molecule has 1 fully saturated rings. The summed E-state index contributed by atoms with van der Waals surface area (Å²) in [7, 11) is 2.22. The van der Waals surface area contributed by atoms with Crippen molar-refractivity contribution < 1.29 is 0 Å². The maximum atomic E-state index is 3.71. The van der Waals surface area contributed by atoms with Gasteiger partial charge in [-0.3, -0.25) is 0 Å². The molecule has 1 N–H and O–H groups in total. The van der Waals surface area contributed by atoms with E-state index in [-0.39, 0.29) is 0 Å². The van der Waals surface area contributed by atoms with Crippen LogP contribution in [0.15, 0.2) is 17.5 Å². The first kappa shape index (κ1) is 14.0. The summed E-state index contributed by atoms with van der Waals surface area (Å²) in [5.74, 6) is 0. The van der Waals surface area contributed by atoms with Crippen molar-refractivity contribution in [1.82, 2.24) is 10.2 Å². The van der Waals surface area contributed by atoms with E-state index in [9.17, 15) is 0 Å². The molecule has 1 aliphatic rings. The van der Waals surface area contributed by atoms with Gasteiger partial charge >= 0.3 is 0 Å². The molecule has 0 atom stereocenters. The second-order valence-corrected chi connectivity index (χ2v) is 6.49. The van der Waals surface area contributed by atoms with Crippen molar-refractivity contribution in [2.45, 2.75) is 51.1 Å². The van der Waals surface area contributed by atoms with E-state index in [2.05, 4.69) is 34.8 Å². The van der Waals surface area contributed by atoms with Crippen LogP contribution in [0.4, 0.5) is 0 Å². The van der Waals surface area contributed by atoms with Crippen LogP contribution < -0.4 is 5.32 Å². The first-order chi connectivity index (χ1) is 8.84. The molecule has 0 bridgehead atoms. The molecule has 1 aromatic rings. The van der Waals surface area contributed by atoms with Crippen molar-refractivity contribution in [3.8, 4) is 0 Å². The summed E-state index contributed by atoms with van der Waals surface area (Å²) in [6.45, 7) is 3.47. The minimum absolute atomic E-state index is 0.807. The Hall–Kier alpha value is -0.380. The summed E-state index contributed by atoms with van der Waals surface area (Å²) in [5.41, 5.74) is 0. The molecule has 0 amide bonds. The summed E-state index contributed by atoms with van der Waals surface area (Å²) in [6.07, 6.45) is 8.35. The lowest BCUT2D eigenvalue weighted by molar-refractivity contribution is 0.310. The second kappa shape index (κ2) is 7.93. The van der Waals surface area contributed by atoms with Gasteiger partial charge in [-0.05, 0) is 50.8 Å². The van der Waals surface area contributed by atoms with Crippen LogP contribution in [0.5, 0.6) is 0 Å².